The topological polar surface area (TPSA) is 76.2 Å². The molecule has 0 fully saturated rings. The number of aromatic nitrogens is 1. The molecule has 1 aromatic rings. The Labute approximate surface area is 89.1 Å². The molecule has 1 aromatic heterocycles. The fourth-order valence-electron chi connectivity index (χ4n) is 1.64. The fourth-order valence-corrected chi connectivity index (χ4v) is 1.64. The van der Waals surface area contributed by atoms with Crippen molar-refractivity contribution in [3.63, 3.8) is 0 Å². The number of aromatic carboxylic acids is 1. The molecule has 0 amide bonds. The number of rotatable bonds is 3. The van der Waals surface area contributed by atoms with Crippen LogP contribution in [0, 0.1) is 6.92 Å². The highest BCUT2D eigenvalue weighted by molar-refractivity contribution is 5.95. The van der Waals surface area contributed by atoms with Gasteiger partial charge in [0.15, 0.2) is 0 Å². The number of nitrogens with two attached hydrogens (primary N) is 1. The summed E-state index contributed by atoms with van der Waals surface area (Å²) in [4.78, 5) is 15.4. The van der Waals surface area contributed by atoms with Crippen LogP contribution in [0.1, 0.15) is 41.2 Å². The zero-order valence-corrected chi connectivity index (χ0v) is 9.29. The molecule has 0 atom stereocenters. The molecule has 0 aromatic carbocycles. The van der Waals surface area contributed by atoms with Gasteiger partial charge in [-0.25, -0.2) is 4.79 Å². The molecule has 0 aliphatic carbocycles. The minimum absolute atomic E-state index is 0.159. The van der Waals surface area contributed by atoms with Crippen LogP contribution in [-0.2, 0) is 12.8 Å². The Balaban J connectivity index is 3.51. The van der Waals surface area contributed by atoms with Crippen molar-refractivity contribution in [2.24, 2.45) is 0 Å². The van der Waals surface area contributed by atoms with Crippen LogP contribution >= 0.6 is 0 Å². The molecule has 0 spiro atoms. The number of hydrogen-bond donors (Lipinski definition) is 2. The zero-order chi connectivity index (χ0) is 11.6. The van der Waals surface area contributed by atoms with Gasteiger partial charge in [0.1, 0.15) is 5.56 Å². The van der Waals surface area contributed by atoms with Crippen molar-refractivity contribution in [2.75, 3.05) is 5.73 Å². The van der Waals surface area contributed by atoms with Crippen molar-refractivity contribution in [2.45, 2.75) is 33.6 Å². The van der Waals surface area contributed by atoms with Gasteiger partial charge in [0.2, 0.25) is 0 Å². The number of carboxylic acids is 1. The van der Waals surface area contributed by atoms with E-state index in [1.807, 2.05) is 20.8 Å². The van der Waals surface area contributed by atoms with Gasteiger partial charge in [0, 0.05) is 5.69 Å². The van der Waals surface area contributed by atoms with Gasteiger partial charge in [-0.2, -0.15) is 0 Å². The summed E-state index contributed by atoms with van der Waals surface area (Å²) in [5.74, 6) is -0.998. The molecule has 0 saturated carbocycles. The van der Waals surface area contributed by atoms with Gasteiger partial charge < -0.3 is 10.8 Å². The minimum Gasteiger partial charge on any atom is -0.478 e. The minimum atomic E-state index is -0.998. The van der Waals surface area contributed by atoms with E-state index in [0.29, 0.717) is 17.8 Å². The Hall–Kier alpha value is -1.58. The van der Waals surface area contributed by atoms with Crippen LogP contribution in [-0.4, -0.2) is 16.1 Å². The fraction of sp³-hybridized carbons (Fsp3) is 0.455. The molecule has 82 valence electrons. The number of nitrogens with zero attached hydrogens (tertiary/aromatic N) is 1. The van der Waals surface area contributed by atoms with Crippen molar-refractivity contribution >= 4 is 11.7 Å². The summed E-state index contributed by atoms with van der Waals surface area (Å²) in [5, 5.41) is 9.05. The van der Waals surface area contributed by atoms with E-state index >= 15 is 0 Å². The number of anilines is 1. The maximum atomic E-state index is 11.0. The second-order valence-corrected chi connectivity index (χ2v) is 3.43. The van der Waals surface area contributed by atoms with E-state index in [-0.39, 0.29) is 5.56 Å². The Morgan fingerprint density at radius 2 is 1.87 bits per heavy atom. The van der Waals surface area contributed by atoms with Crippen molar-refractivity contribution < 1.29 is 9.90 Å². The lowest BCUT2D eigenvalue weighted by Crippen LogP contribution is -2.13. The van der Waals surface area contributed by atoms with E-state index in [0.717, 1.165) is 17.7 Å². The van der Waals surface area contributed by atoms with Gasteiger partial charge in [-0.15, -0.1) is 0 Å². The number of nitrogen functional groups attached to an aromatic ring is 1. The summed E-state index contributed by atoms with van der Waals surface area (Å²) in [6, 6.07) is 0. The SMILES string of the molecule is CCc1nc(CC)c(C(=O)O)c(N)c1C. The van der Waals surface area contributed by atoms with Crippen LogP contribution in [0.4, 0.5) is 5.69 Å². The molecule has 0 radical (unpaired) electrons. The molecule has 0 aliphatic heterocycles. The highest BCUT2D eigenvalue weighted by Gasteiger charge is 2.18. The third kappa shape index (κ3) is 1.93. The van der Waals surface area contributed by atoms with Gasteiger partial charge in [0.05, 0.1) is 11.4 Å². The summed E-state index contributed by atoms with van der Waals surface area (Å²) < 4.78 is 0. The summed E-state index contributed by atoms with van der Waals surface area (Å²) >= 11 is 0. The number of carboxylic acid groups (broad SMARTS) is 1. The Morgan fingerprint density at radius 3 is 2.27 bits per heavy atom. The molecular weight excluding hydrogens is 192 g/mol. The first-order chi connectivity index (χ1) is 7.02. The normalized spacial score (nSPS) is 10.3. The van der Waals surface area contributed by atoms with Gasteiger partial charge >= 0.3 is 5.97 Å². The molecule has 0 saturated heterocycles. The first-order valence-electron chi connectivity index (χ1n) is 5.03. The number of aryl methyl sites for hydroxylation is 2. The number of pyridine rings is 1. The van der Waals surface area contributed by atoms with Crippen LogP contribution in [0.5, 0.6) is 0 Å². The van der Waals surface area contributed by atoms with E-state index in [2.05, 4.69) is 4.98 Å². The maximum absolute atomic E-state index is 11.0. The van der Waals surface area contributed by atoms with E-state index in [9.17, 15) is 4.79 Å². The average molecular weight is 208 g/mol. The molecule has 0 unspecified atom stereocenters. The monoisotopic (exact) mass is 208 g/mol. The maximum Gasteiger partial charge on any atom is 0.339 e. The summed E-state index contributed by atoms with van der Waals surface area (Å²) in [6.07, 6.45) is 1.35. The largest absolute Gasteiger partial charge is 0.478 e. The summed E-state index contributed by atoms with van der Waals surface area (Å²) in [5.41, 5.74) is 8.57. The Morgan fingerprint density at radius 1 is 1.33 bits per heavy atom. The van der Waals surface area contributed by atoms with E-state index in [1.54, 1.807) is 0 Å². The molecule has 1 rings (SSSR count). The van der Waals surface area contributed by atoms with Crippen LogP contribution in [0.25, 0.3) is 0 Å². The van der Waals surface area contributed by atoms with Gasteiger partial charge in [-0.3, -0.25) is 4.98 Å². The molecular formula is C11H16N2O2. The first-order valence-corrected chi connectivity index (χ1v) is 5.03. The highest BCUT2D eigenvalue weighted by Crippen LogP contribution is 2.23. The van der Waals surface area contributed by atoms with Crippen molar-refractivity contribution in [3.05, 3.63) is 22.5 Å². The first kappa shape index (κ1) is 11.5. The van der Waals surface area contributed by atoms with Crippen LogP contribution in [0.2, 0.25) is 0 Å². The lowest BCUT2D eigenvalue weighted by Gasteiger charge is -2.12. The molecule has 15 heavy (non-hydrogen) atoms. The number of carbonyl (C=O) groups is 1. The van der Waals surface area contributed by atoms with Gasteiger partial charge in [0.25, 0.3) is 0 Å². The smallest absolute Gasteiger partial charge is 0.339 e. The lowest BCUT2D eigenvalue weighted by atomic mass is 10.0. The second kappa shape index (κ2) is 4.29. The van der Waals surface area contributed by atoms with Crippen molar-refractivity contribution in [1.82, 2.24) is 4.98 Å². The van der Waals surface area contributed by atoms with Gasteiger partial charge in [-0.1, -0.05) is 13.8 Å². The second-order valence-electron chi connectivity index (χ2n) is 3.43. The Bertz CT molecular complexity index is 400. The quantitative estimate of drug-likeness (QED) is 0.794. The molecule has 4 nitrogen and oxygen atoms in total. The van der Waals surface area contributed by atoms with E-state index < -0.39 is 5.97 Å². The van der Waals surface area contributed by atoms with Crippen LogP contribution < -0.4 is 5.73 Å². The standard InChI is InChI=1S/C11H16N2O2/c1-4-7-6(3)10(12)9(11(14)15)8(5-2)13-7/h4-5H2,1-3H3,(H2,12,13)(H,14,15). The van der Waals surface area contributed by atoms with Crippen molar-refractivity contribution in [1.29, 1.82) is 0 Å². The number of hydrogen-bond acceptors (Lipinski definition) is 3. The van der Waals surface area contributed by atoms with E-state index in [4.69, 9.17) is 10.8 Å². The molecule has 0 aliphatic rings. The highest BCUT2D eigenvalue weighted by atomic mass is 16.4. The predicted molar refractivity (Wildman–Crippen MR) is 59.1 cm³/mol. The third-order valence-electron chi connectivity index (χ3n) is 2.55. The van der Waals surface area contributed by atoms with Crippen LogP contribution in [0.3, 0.4) is 0 Å². The zero-order valence-electron chi connectivity index (χ0n) is 9.29. The van der Waals surface area contributed by atoms with Crippen molar-refractivity contribution in [3.8, 4) is 0 Å². The molecule has 4 heteroatoms. The lowest BCUT2D eigenvalue weighted by molar-refractivity contribution is 0.0696. The Kier molecular flexibility index (Phi) is 3.29. The molecule has 0 bridgehead atoms. The summed E-state index contributed by atoms with van der Waals surface area (Å²) in [7, 11) is 0. The van der Waals surface area contributed by atoms with E-state index in [1.165, 1.54) is 0 Å². The molecule has 1 heterocycles. The summed E-state index contributed by atoms with van der Waals surface area (Å²) in [6.45, 7) is 5.67. The van der Waals surface area contributed by atoms with Gasteiger partial charge in [-0.05, 0) is 25.3 Å². The average Bonchev–Trinajstić information content (AvgIpc) is 2.20. The third-order valence-corrected chi connectivity index (χ3v) is 2.55. The molecule has 3 N–H and O–H groups in total. The van der Waals surface area contributed by atoms with Crippen LogP contribution in [0.15, 0.2) is 0 Å². The predicted octanol–water partition coefficient (Wildman–Crippen LogP) is 1.80.